The smallest absolute Gasteiger partial charge is 0.126 e. The maximum Gasteiger partial charge on any atom is 0.126 e. The van der Waals surface area contributed by atoms with Gasteiger partial charge >= 0.3 is 0 Å². The van der Waals surface area contributed by atoms with Crippen molar-refractivity contribution in [3.8, 4) is 0 Å². The van der Waals surface area contributed by atoms with Crippen LogP contribution in [0, 0.1) is 16.6 Å². The Balaban J connectivity index is 2.25. The molecule has 0 heterocycles. The molecule has 1 aliphatic carbocycles. The average Bonchev–Trinajstić information content (AvgIpc) is 2.15. The molecule has 0 aromatic heterocycles. The summed E-state index contributed by atoms with van der Waals surface area (Å²) in [6.07, 6.45) is 2.97. The van der Waals surface area contributed by atoms with Crippen LogP contribution in [0.4, 0.5) is 4.39 Å². The van der Waals surface area contributed by atoms with Gasteiger partial charge < -0.3 is 5.11 Å². The van der Waals surface area contributed by atoms with Gasteiger partial charge in [-0.3, -0.25) is 0 Å². The molecule has 0 spiro atoms. The fourth-order valence-corrected chi connectivity index (χ4v) is 4.39. The molecule has 0 radical (unpaired) electrons. The van der Waals surface area contributed by atoms with E-state index in [2.05, 4.69) is 27.7 Å². The normalized spacial score (nSPS) is 24.1. The summed E-state index contributed by atoms with van der Waals surface area (Å²) in [5.41, 5.74) is 0.0234. The molecule has 1 fully saturated rings. The summed E-state index contributed by atoms with van der Waals surface area (Å²) in [7, 11) is 0. The van der Waals surface area contributed by atoms with Gasteiger partial charge in [0.2, 0.25) is 0 Å². The van der Waals surface area contributed by atoms with Gasteiger partial charge in [-0.1, -0.05) is 45.9 Å². The highest BCUT2D eigenvalue weighted by Gasteiger charge is 2.46. The van der Waals surface area contributed by atoms with Crippen molar-refractivity contribution in [1.82, 2.24) is 0 Å². The molecule has 0 atom stereocenters. The molecule has 19 heavy (non-hydrogen) atoms. The fraction of sp³-hybridized carbons (Fsp3) is 0.647. The van der Waals surface area contributed by atoms with E-state index in [0.717, 1.165) is 19.3 Å². The molecule has 2 heteroatoms. The van der Waals surface area contributed by atoms with Crippen molar-refractivity contribution in [3.63, 3.8) is 0 Å². The van der Waals surface area contributed by atoms with E-state index < -0.39 is 5.60 Å². The van der Waals surface area contributed by atoms with Crippen LogP contribution in [0.3, 0.4) is 0 Å². The Morgan fingerprint density at radius 3 is 2.05 bits per heavy atom. The Labute approximate surface area is 115 Å². The van der Waals surface area contributed by atoms with Crippen LogP contribution < -0.4 is 0 Å². The first-order chi connectivity index (χ1) is 8.61. The molecule has 2 rings (SSSR count). The second-order valence-corrected chi connectivity index (χ2v) is 7.85. The monoisotopic (exact) mass is 264 g/mol. The Hall–Kier alpha value is -0.890. The number of aliphatic hydroxyl groups is 1. The van der Waals surface area contributed by atoms with Crippen LogP contribution in [0.25, 0.3) is 0 Å². The predicted octanol–water partition coefficient (Wildman–Crippen LogP) is 4.34. The minimum atomic E-state index is -0.798. The van der Waals surface area contributed by atoms with E-state index >= 15 is 0 Å². The Morgan fingerprint density at radius 1 is 1.00 bits per heavy atom. The van der Waals surface area contributed by atoms with Crippen LogP contribution in [-0.4, -0.2) is 10.7 Å². The molecule has 1 N–H and O–H groups in total. The van der Waals surface area contributed by atoms with Crippen LogP contribution >= 0.6 is 0 Å². The zero-order chi connectivity index (χ0) is 14.3. The van der Waals surface area contributed by atoms with E-state index in [1.165, 1.54) is 6.07 Å². The van der Waals surface area contributed by atoms with Crippen molar-refractivity contribution in [2.24, 2.45) is 10.8 Å². The van der Waals surface area contributed by atoms with Gasteiger partial charge in [0.15, 0.2) is 0 Å². The Kier molecular flexibility index (Phi) is 3.51. The lowest BCUT2D eigenvalue weighted by molar-refractivity contribution is -0.0854. The third-order valence-electron chi connectivity index (χ3n) is 4.05. The van der Waals surface area contributed by atoms with Gasteiger partial charge in [-0.15, -0.1) is 0 Å². The maximum absolute atomic E-state index is 13.8. The second kappa shape index (κ2) is 4.59. The van der Waals surface area contributed by atoms with Gasteiger partial charge in [0.1, 0.15) is 5.82 Å². The van der Waals surface area contributed by atoms with Gasteiger partial charge in [0.05, 0.1) is 5.60 Å². The van der Waals surface area contributed by atoms with E-state index in [0.29, 0.717) is 12.0 Å². The van der Waals surface area contributed by atoms with Gasteiger partial charge in [0, 0.05) is 6.42 Å². The number of hydrogen-bond donors (Lipinski definition) is 1. The highest BCUT2D eigenvalue weighted by atomic mass is 19.1. The molecule has 0 unspecified atom stereocenters. The summed E-state index contributed by atoms with van der Waals surface area (Å²) in [4.78, 5) is 0. The molecule has 0 saturated heterocycles. The quantitative estimate of drug-likeness (QED) is 0.842. The van der Waals surface area contributed by atoms with E-state index in [-0.39, 0.29) is 16.6 Å². The molecular weight excluding hydrogens is 239 g/mol. The molecule has 1 saturated carbocycles. The molecule has 0 aliphatic heterocycles. The van der Waals surface area contributed by atoms with Gasteiger partial charge in [-0.05, 0) is 41.7 Å². The summed E-state index contributed by atoms with van der Waals surface area (Å²) in [6, 6.07) is 6.78. The number of halogens is 1. The van der Waals surface area contributed by atoms with Gasteiger partial charge in [-0.2, -0.15) is 0 Å². The van der Waals surface area contributed by atoms with Crippen molar-refractivity contribution >= 4 is 0 Å². The van der Waals surface area contributed by atoms with E-state index in [1.54, 1.807) is 12.1 Å². The summed E-state index contributed by atoms with van der Waals surface area (Å²) < 4.78 is 13.8. The highest BCUT2D eigenvalue weighted by Crippen LogP contribution is 2.51. The zero-order valence-electron chi connectivity index (χ0n) is 12.5. The lowest BCUT2D eigenvalue weighted by Gasteiger charge is -2.49. The summed E-state index contributed by atoms with van der Waals surface area (Å²) >= 11 is 0. The van der Waals surface area contributed by atoms with E-state index in [4.69, 9.17) is 0 Å². The Morgan fingerprint density at radius 2 is 1.53 bits per heavy atom. The summed E-state index contributed by atoms with van der Waals surface area (Å²) in [5.74, 6) is -0.211. The third kappa shape index (κ3) is 3.56. The third-order valence-corrected chi connectivity index (χ3v) is 4.05. The molecular formula is C17H25FO. The minimum Gasteiger partial charge on any atom is -0.390 e. The topological polar surface area (TPSA) is 20.2 Å². The number of benzene rings is 1. The molecule has 0 amide bonds. The first-order valence-corrected chi connectivity index (χ1v) is 7.07. The van der Waals surface area contributed by atoms with Crippen LogP contribution in [0.15, 0.2) is 24.3 Å². The first-order valence-electron chi connectivity index (χ1n) is 7.07. The zero-order valence-corrected chi connectivity index (χ0v) is 12.5. The van der Waals surface area contributed by atoms with Crippen molar-refractivity contribution in [3.05, 3.63) is 35.6 Å². The van der Waals surface area contributed by atoms with Crippen molar-refractivity contribution in [1.29, 1.82) is 0 Å². The molecule has 0 bridgehead atoms. The predicted molar refractivity (Wildman–Crippen MR) is 76.5 cm³/mol. The van der Waals surface area contributed by atoms with E-state index in [9.17, 15) is 9.50 Å². The maximum atomic E-state index is 13.8. The Bertz CT molecular complexity index is 446. The van der Waals surface area contributed by atoms with Crippen molar-refractivity contribution in [2.75, 3.05) is 0 Å². The standard InChI is InChI=1S/C17H25FO/c1-15(2)10-16(3,4)12-17(19,11-15)9-13-7-5-6-8-14(13)18/h5-8,19H,9-12H2,1-4H3. The van der Waals surface area contributed by atoms with Crippen LogP contribution in [-0.2, 0) is 6.42 Å². The number of rotatable bonds is 2. The fourth-order valence-electron chi connectivity index (χ4n) is 4.39. The van der Waals surface area contributed by atoms with Crippen molar-refractivity contribution < 1.29 is 9.50 Å². The van der Waals surface area contributed by atoms with Crippen LogP contribution in [0.1, 0.15) is 52.5 Å². The SMILES string of the molecule is CC1(C)CC(C)(C)CC(O)(Cc2ccccc2F)C1. The first kappa shape index (κ1) is 14.5. The highest BCUT2D eigenvalue weighted by molar-refractivity contribution is 5.20. The molecule has 1 aliphatic rings. The van der Waals surface area contributed by atoms with Crippen LogP contribution in [0.5, 0.6) is 0 Å². The molecule has 1 nitrogen and oxygen atoms in total. The van der Waals surface area contributed by atoms with E-state index in [1.807, 2.05) is 6.07 Å². The van der Waals surface area contributed by atoms with Crippen molar-refractivity contribution in [2.45, 2.75) is 59.0 Å². The second-order valence-electron chi connectivity index (χ2n) is 7.85. The molecule has 1 aromatic rings. The molecule has 106 valence electrons. The lowest BCUT2D eigenvalue weighted by Crippen LogP contribution is -2.47. The van der Waals surface area contributed by atoms with Crippen LogP contribution in [0.2, 0.25) is 0 Å². The lowest BCUT2D eigenvalue weighted by atomic mass is 9.58. The minimum absolute atomic E-state index is 0.0990. The average molecular weight is 264 g/mol. The largest absolute Gasteiger partial charge is 0.390 e. The summed E-state index contributed by atoms with van der Waals surface area (Å²) in [5, 5.41) is 11.0. The number of hydrogen-bond acceptors (Lipinski definition) is 1. The van der Waals surface area contributed by atoms with Gasteiger partial charge in [-0.25, -0.2) is 4.39 Å². The molecule has 1 aromatic carbocycles. The summed E-state index contributed by atoms with van der Waals surface area (Å²) in [6.45, 7) is 8.78. The van der Waals surface area contributed by atoms with Gasteiger partial charge in [0.25, 0.3) is 0 Å².